The van der Waals surface area contributed by atoms with E-state index in [1.807, 2.05) is 30.2 Å². The van der Waals surface area contributed by atoms with Crippen molar-refractivity contribution in [1.82, 2.24) is 15.2 Å². The fourth-order valence-electron chi connectivity index (χ4n) is 2.83. The Balaban J connectivity index is 1.69. The highest BCUT2D eigenvalue weighted by molar-refractivity contribution is 5.77. The van der Waals surface area contributed by atoms with E-state index in [0.29, 0.717) is 12.1 Å². The highest BCUT2D eigenvalue weighted by atomic mass is 16.3. The van der Waals surface area contributed by atoms with Crippen molar-refractivity contribution in [2.75, 3.05) is 31.1 Å². The molecule has 6 heteroatoms. The summed E-state index contributed by atoms with van der Waals surface area (Å²) in [5.74, 6) is 0. The molecule has 0 radical (unpaired) electrons. The van der Waals surface area contributed by atoms with Gasteiger partial charge in [0.15, 0.2) is 0 Å². The number of aliphatic hydroxyl groups is 1. The van der Waals surface area contributed by atoms with E-state index in [1.54, 1.807) is 0 Å². The lowest BCUT2D eigenvalue weighted by atomic mass is 10.1. The van der Waals surface area contributed by atoms with Gasteiger partial charge >= 0.3 is 6.03 Å². The van der Waals surface area contributed by atoms with Gasteiger partial charge < -0.3 is 20.2 Å². The predicted molar refractivity (Wildman–Crippen MR) is 75.6 cm³/mol. The minimum absolute atomic E-state index is 0.0502. The van der Waals surface area contributed by atoms with Crippen molar-refractivity contribution in [2.45, 2.75) is 25.5 Å². The number of carbonyl (C=O) groups excluding carboxylic acids is 1. The third kappa shape index (κ3) is 2.31. The molecule has 1 unspecified atom stereocenters. The summed E-state index contributed by atoms with van der Waals surface area (Å²) in [6.45, 7) is 5.05. The van der Waals surface area contributed by atoms with Gasteiger partial charge in [0.25, 0.3) is 0 Å². The second kappa shape index (κ2) is 5.28. The number of urea groups is 1. The molecule has 0 aromatic carbocycles. The fraction of sp³-hybridized carbons (Fsp3) is 0.571. The lowest BCUT2D eigenvalue weighted by Gasteiger charge is -2.37. The van der Waals surface area contributed by atoms with E-state index in [1.165, 1.54) is 0 Å². The molecule has 20 heavy (non-hydrogen) atoms. The Labute approximate surface area is 118 Å². The van der Waals surface area contributed by atoms with Crippen LogP contribution in [0, 0.1) is 0 Å². The molecule has 3 heterocycles. The zero-order valence-corrected chi connectivity index (χ0v) is 11.6. The van der Waals surface area contributed by atoms with E-state index in [-0.39, 0.29) is 12.1 Å². The Bertz CT molecular complexity index is 490. The van der Waals surface area contributed by atoms with E-state index in [9.17, 15) is 9.90 Å². The van der Waals surface area contributed by atoms with E-state index < -0.39 is 6.10 Å². The molecule has 6 nitrogen and oxygen atoms in total. The van der Waals surface area contributed by atoms with Gasteiger partial charge in [-0.3, -0.25) is 4.98 Å². The second-order valence-corrected chi connectivity index (χ2v) is 5.34. The number of rotatable bonds is 3. The summed E-state index contributed by atoms with van der Waals surface area (Å²) in [6.07, 6.45) is 1.99. The zero-order valence-electron chi connectivity index (χ0n) is 11.6. The zero-order chi connectivity index (χ0) is 14.1. The van der Waals surface area contributed by atoms with Crippen molar-refractivity contribution in [3.8, 4) is 0 Å². The molecule has 2 saturated heterocycles. The molecule has 1 aromatic rings. The van der Waals surface area contributed by atoms with Crippen LogP contribution in [0.15, 0.2) is 18.3 Å². The summed E-state index contributed by atoms with van der Waals surface area (Å²) in [4.78, 5) is 20.0. The van der Waals surface area contributed by atoms with Crippen LogP contribution >= 0.6 is 0 Å². The van der Waals surface area contributed by atoms with Gasteiger partial charge in [-0.2, -0.15) is 0 Å². The molecule has 0 bridgehead atoms. The number of fused-ring (bicyclic) bond motifs is 1. The van der Waals surface area contributed by atoms with Crippen molar-refractivity contribution in [2.24, 2.45) is 0 Å². The van der Waals surface area contributed by atoms with Gasteiger partial charge in [0, 0.05) is 26.2 Å². The number of hydrogen-bond donors (Lipinski definition) is 2. The Morgan fingerprint density at radius 3 is 3.05 bits per heavy atom. The lowest BCUT2D eigenvalue weighted by molar-refractivity contribution is 0.169. The number of carbonyl (C=O) groups is 1. The highest BCUT2D eigenvalue weighted by Gasteiger charge is 2.35. The monoisotopic (exact) mass is 276 g/mol. The van der Waals surface area contributed by atoms with Gasteiger partial charge in [0.2, 0.25) is 0 Å². The number of nitrogens with one attached hydrogen (secondary N) is 1. The third-order valence-corrected chi connectivity index (χ3v) is 4.10. The van der Waals surface area contributed by atoms with Crippen molar-refractivity contribution >= 4 is 11.7 Å². The van der Waals surface area contributed by atoms with Gasteiger partial charge in [-0.15, -0.1) is 0 Å². The van der Waals surface area contributed by atoms with Crippen LogP contribution in [0.25, 0.3) is 0 Å². The molecule has 2 amide bonds. The maximum Gasteiger partial charge on any atom is 0.317 e. The first-order valence-corrected chi connectivity index (χ1v) is 7.12. The van der Waals surface area contributed by atoms with Crippen LogP contribution in [0.1, 0.15) is 25.1 Å². The Morgan fingerprint density at radius 2 is 2.35 bits per heavy atom. The predicted octanol–water partition coefficient (Wildman–Crippen LogP) is 0.739. The molecule has 0 aliphatic carbocycles. The van der Waals surface area contributed by atoms with Crippen LogP contribution in [-0.4, -0.2) is 53.2 Å². The van der Waals surface area contributed by atoms with Crippen molar-refractivity contribution in [3.63, 3.8) is 0 Å². The third-order valence-electron chi connectivity index (χ3n) is 4.10. The van der Waals surface area contributed by atoms with E-state index in [4.69, 9.17) is 0 Å². The van der Waals surface area contributed by atoms with Crippen molar-refractivity contribution < 1.29 is 9.90 Å². The standard InChI is InChI=1S/C14H20N4O2/c1-2-13(19)12-4-3-10(7-15-12)17-5-6-18-11(9-17)8-16-14(18)20/h3-4,7,11,13,19H,2,5-6,8-9H2,1H3,(H,16,20)/t11?,13-/m1/s1. The van der Waals surface area contributed by atoms with Gasteiger partial charge in [0.1, 0.15) is 0 Å². The van der Waals surface area contributed by atoms with E-state index in [0.717, 1.165) is 31.9 Å². The fourth-order valence-corrected chi connectivity index (χ4v) is 2.83. The summed E-state index contributed by atoms with van der Waals surface area (Å²) in [7, 11) is 0. The molecule has 0 saturated carbocycles. The molecule has 3 rings (SSSR count). The number of pyridine rings is 1. The van der Waals surface area contributed by atoms with Gasteiger partial charge in [-0.1, -0.05) is 6.92 Å². The minimum Gasteiger partial charge on any atom is -0.387 e. The molecule has 2 aliphatic heterocycles. The molecule has 2 N–H and O–H groups in total. The first-order chi connectivity index (χ1) is 9.69. The molecule has 0 spiro atoms. The first-order valence-electron chi connectivity index (χ1n) is 7.12. The number of piperazine rings is 1. The molecule has 2 atom stereocenters. The Morgan fingerprint density at radius 1 is 1.50 bits per heavy atom. The van der Waals surface area contributed by atoms with Crippen LogP contribution in [0.5, 0.6) is 0 Å². The number of amides is 2. The minimum atomic E-state index is -0.488. The smallest absolute Gasteiger partial charge is 0.317 e. The average molecular weight is 276 g/mol. The van der Waals surface area contributed by atoms with Crippen LogP contribution < -0.4 is 10.2 Å². The summed E-state index contributed by atoms with van der Waals surface area (Å²) >= 11 is 0. The average Bonchev–Trinajstić information content (AvgIpc) is 2.87. The molecule has 108 valence electrons. The number of nitrogens with zero attached hydrogens (tertiary/aromatic N) is 3. The van der Waals surface area contributed by atoms with Crippen LogP contribution in [-0.2, 0) is 0 Å². The molecular weight excluding hydrogens is 256 g/mol. The van der Waals surface area contributed by atoms with Gasteiger partial charge in [-0.05, 0) is 18.6 Å². The molecule has 1 aromatic heterocycles. The largest absolute Gasteiger partial charge is 0.387 e. The topological polar surface area (TPSA) is 68.7 Å². The summed E-state index contributed by atoms with van der Waals surface area (Å²) in [5, 5.41) is 12.6. The molecule has 2 aliphatic rings. The number of hydrogen-bond acceptors (Lipinski definition) is 4. The SMILES string of the molecule is CC[C@@H](O)c1ccc(N2CCN3C(=O)NCC3C2)cn1. The summed E-state index contributed by atoms with van der Waals surface area (Å²) in [5.41, 5.74) is 1.77. The van der Waals surface area contributed by atoms with Crippen LogP contribution in [0.4, 0.5) is 10.5 Å². The molecule has 2 fully saturated rings. The first kappa shape index (κ1) is 13.2. The van der Waals surface area contributed by atoms with Crippen molar-refractivity contribution in [3.05, 3.63) is 24.0 Å². The quantitative estimate of drug-likeness (QED) is 0.854. The van der Waals surface area contributed by atoms with E-state index in [2.05, 4.69) is 15.2 Å². The molecular formula is C14H20N4O2. The van der Waals surface area contributed by atoms with Crippen molar-refractivity contribution in [1.29, 1.82) is 0 Å². The number of aromatic nitrogens is 1. The van der Waals surface area contributed by atoms with Crippen LogP contribution in [0.2, 0.25) is 0 Å². The second-order valence-electron chi connectivity index (χ2n) is 5.34. The maximum absolute atomic E-state index is 11.6. The van der Waals surface area contributed by atoms with Gasteiger partial charge in [0.05, 0.1) is 29.7 Å². The highest BCUT2D eigenvalue weighted by Crippen LogP contribution is 2.22. The summed E-state index contributed by atoms with van der Waals surface area (Å²) < 4.78 is 0. The Kier molecular flexibility index (Phi) is 3.48. The number of anilines is 1. The van der Waals surface area contributed by atoms with Gasteiger partial charge in [-0.25, -0.2) is 4.79 Å². The lowest BCUT2D eigenvalue weighted by Crippen LogP contribution is -2.52. The maximum atomic E-state index is 11.6. The van der Waals surface area contributed by atoms with Crippen LogP contribution in [0.3, 0.4) is 0 Å². The number of aliphatic hydroxyl groups excluding tert-OH is 1. The van der Waals surface area contributed by atoms with E-state index >= 15 is 0 Å². The Hall–Kier alpha value is -1.82. The summed E-state index contributed by atoms with van der Waals surface area (Å²) in [6, 6.07) is 4.18. The normalized spacial score (nSPS) is 23.5.